The van der Waals surface area contributed by atoms with Crippen LogP contribution in [0.5, 0.6) is 0 Å². The number of pyridine rings is 1. The molecule has 1 aliphatic rings. The third-order valence-corrected chi connectivity index (χ3v) is 3.26. The molecule has 2 aromatic rings. The van der Waals surface area contributed by atoms with Gasteiger partial charge in [-0.3, -0.25) is 4.98 Å². The molecule has 0 spiro atoms. The fourth-order valence-electron chi connectivity index (χ4n) is 2.16. The number of anilines is 4. The van der Waals surface area contributed by atoms with Crippen LogP contribution in [0.4, 0.5) is 27.5 Å². The maximum Gasteiger partial charge on any atom is 0.150 e. The lowest BCUT2D eigenvalue weighted by Gasteiger charge is -2.13. The Morgan fingerprint density at radius 3 is 2.83 bits per heavy atom. The minimum Gasteiger partial charge on any atom is -0.399 e. The molecule has 0 saturated carbocycles. The fraction of sp³-hybridized carbons (Fsp3) is 0.188. The van der Waals surface area contributed by atoms with Gasteiger partial charge in [0.05, 0.1) is 6.20 Å². The Labute approximate surface area is 133 Å². The number of rotatable bonds is 5. The van der Waals surface area contributed by atoms with E-state index in [1.807, 2.05) is 6.08 Å². The number of aromatic nitrogens is 3. The highest BCUT2D eigenvalue weighted by atomic mass is 19.1. The van der Waals surface area contributed by atoms with Crippen LogP contribution >= 0.6 is 0 Å². The van der Waals surface area contributed by atoms with E-state index in [0.717, 1.165) is 5.57 Å². The summed E-state index contributed by atoms with van der Waals surface area (Å²) in [4.78, 5) is 12.5. The van der Waals surface area contributed by atoms with Gasteiger partial charge in [-0.2, -0.15) is 0 Å². The quantitative estimate of drug-likeness (QED) is 0.787. The van der Waals surface area contributed by atoms with E-state index in [4.69, 9.17) is 5.73 Å². The lowest BCUT2D eigenvalue weighted by molar-refractivity contribution is 0.400. The van der Waals surface area contributed by atoms with E-state index in [2.05, 4.69) is 25.6 Å². The lowest BCUT2D eigenvalue weighted by Crippen LogP contribution is -2.09. The second-order valence-corrected chi connectivity index (χ2v) is 5.13. The number of halogens is 1. The molecule has 1 unspecified atom stereocenters. The molecule has 23 heavy (non-hydrogen) atoms. The van der Waals surface area contributed by atoms with Crippen LogP contribution in [-0.4, -0.2) is 27.7 Å². The van der Waals surface area contributed by atoms with Crippen molar-refractivity contribution in [2.45, 2.75) is 12.6 Å². The largest absolute Gasteiger partial charge is 0.399 e. The first-order valence-electron chi connectivity index (χ1n) is 7.25. The van der Waals surface area contributed by atoms with Crippen molar-refractivity contribution in [3.63, 3.8) is 0 Å². The number of nitrogens with zero attached hydrogens (tertiary/aromatic N) is 3. The fourth-order valence-corrected chi connectivity index (χ4v) is 2.16. The number of hydrogen-bond acceptors (Lipinski definition) is 6. The highest BCUT2D eigenvalue weighted by Crippen LogP contribution is 2.20. The normalized spacial score (nSPS) is 16.7. The van der Waals surface area contributed by atoms with Crippen LogP contribution in [0.1, 0.15) is 6.42 Å². The lowest BCUT2D eigenvalue weighted by atomic mass is 10.1. The zero-order valence-electron chi connectivity index (χ0n) is 12.4. The van der Waals surface area contributed by atoms with E-state index in [-0.39, 0.29) is 0 Å². The van der Waals surface area contributed by atoms with Gasteiger partial charge >= 0.3 is 0 Å². The summed E-state index contributed by atoms with van der Waals surface area (Å²) in [6.45, 7) is 0.560. The van der Waals surface area contributed by atoms with Crippen molar-refractivity contribution in [2.75, 3.05) is 22.9 Å². The molecule has 0 fully saturated rings. The van der Waals surface area contributed by atoms with Gasteiger partial charge in [-0.25, -0.2) is 14.4 Å². The summed E-state index contributed by atoms with van der Waals surface area (Å²) in [5.74, 6) is 1.79. The summed E-state index contributed by atoms with van der Waals surface area (Å²) in [7, 11) is 0. The molecule has 1 atom stereocenters. The molecule has 7 heteroatoms. The molecular formula is C16H17FN6. The number of nitrogens with two attached hydrogens (primary N) is 1. The molecule has 2 aromatic heterocycles. The van der Waals surface area contributed by atoms with Crippen molar-refractivity contribution in [1.82, 2.24) is 15.0 Å². The standard InChI is InChI=1S/C16H17FN6/c17-12-3-1-11(2-4-12)9-21-14-7-13(18)8-15(22-14)23-16-10-19-5-6-20-16/h1-3,5-8,10,12H,4,9H2,(H4,18,20,21,22,23). The summed E-state index contributed by atoms with van der Waals surface area (Å²) in [6, 6.07) is 3.46. The average molecular weight is 312 g/mol. The number of alkyl halides is 1. The Balaban J connectivity index is 1.67. The van der Waals surface area contributed by atoms with Crippen LogP contribution < -0.4 is 16.4 Å². The van der Waals surface area contributed by atoms with Crippen LogP contribution in [-0.2, 0) is 0 Å². The van der Waals surface area contributed by atoms with E-state index in [0.29, 0.717) is 36.1 Å². The molecule has 0 amide bonds. The topological polar surface area (TPSA) is 88.8 Å². The Hall–Kier alpha value is -2.96. The molecule has 0 saturated heterocycles. The van der Waals surface area contributed by atoms with Crippen molar-refractivity contribution < 1.29 is 4.39 Å². The van der Waals surface area contributed by atoms with Gasteiger partial charge in [-0.05, 0) is 5.57 Å². The number of allylic oxidation sites excluding steroid dienone is 2. The van der Waals surface area contributed by atoms with Crippen molar-refractivity contribution in [1.29, 1.82) is 0 Å². The minimum atomic E-state index is -0.882. The Kier molecular flexibility index (Phi) is 4.46. The SMILES string of the molecule is Nc1cc(NCC2=CCC(F)C=C2)nc(Nc2cnccn2)c1. The summed E-state index contributed by atoms with van der Waals surface area (Å²) in [5.41, 5.74) is 7.50. The molecule has 0 bridgehead atoms. The number of nitrogens with one attached hydrogen (secondary N) is 2. The van der Waals surface area contributed by atoms with Crippen molar-refractivity contribution in [3.05, 3.63) is 54.5 Å². The predicted molar refractivity (Wildman–Crippen MR) is 89.2 cm³/mol. The molecule has 0 radical (unpaired) electrons. The van der Waals surface area contributed by atoms with E-state index in [1.54, 1.807) is 42.9 Å². The molecule has 4 N–H and O–H groups in total. The second-order valence-electron chi connectivity index (χ2n) is 5.13. The van der Waals surface area contributed by atoms with Gasteiger partial charge in [0, 0.05) is 43.2 Å². The molecule has 118 valence electrons. The van der Waals surface area contributed by atoms with Crippen LogP contribution in [0.3, 0.4) is 0 Å². The summed E-state index contributed by atoms with van der Waals surface area (Å²) < 4.78 is 13.0. The van der Waals surface area contributed by atoms with Crippen molar-refractivity contribution in [2.24, 2.45) is 0 Å². The van der Waals surface area contributed by atoms with Gasteiger partial charge in [0.1, 0.15) is 23.6 Å². The third-order valence-electron chi connectivity index (χ3n) is 3.26. The summed E-state index contributed by atoms with van der Waals surface area (Å²) in [5, 5.41) is 6.23. The van der Waals surface area contributed by atoms with E-state index < -0.39 is 6.17 Å². The van der Waals surface area contributed by atoms with Gasteiger partial charge in [-0.15, -0.1) is 0 Å². The minimum absolute atomic E-state index is 0.414. The monoisotopic (exact) mass is 312 g/mol. The van der Waals surface area contributed by atoms with Gasteiger partial charge in [0.25, 0.3) is 0 Å². The van der Waals surface area contributed by atoms with E-state index >= 15 is 0 Å². The zero-order chi connectivity index (χ0) is 16.1. The predicted octanol–water partition coefficient (Wildman–Crippen LogP) is 2.83. The first kappa shape index (κ1) is 15.0. The second kappa shape index (κ2) is 6.87. The number of hydrogen-bond donors (Lipinski definition) is 3. The molecule has 3 rings (SSSR count). The van der Waals surface area contributed by atoms with Crippen molar-refractivity contribution in [3.8, 4) is 0 Å². The van der Waals surface area contributed by atoms with Crippen molar-refractivity contribution >= 4 is 23.1 Å². The maximum absolute atomic E-state index is 13.0. The summed E-state index contributed by atoms with van der Waals surface area (Å²) >= 11 is 0. The smallest absolute Gasteiger partial charge is 0.150 e. The molecule has 0 aliphatic heterocycles. The van der Waals surface area contributed by atoms with E-state index in [1.165, 1.54) is 0 Å². The molecule has 0 aromatic carbocycles. The van der Waals surface area contributed by atoms with Crippen LogP contribution in [0, 0.1) is 0 Å². The highest BCUT2D eigenvalue weighted by Gasteiger charge is 2.07. The molecule has 2 heterocycles. The first-order valence-corrected chi connectivity index (χ1v) is 7.25. The Morgan fingerprint density at radius 1 is 1.22 bits per heavy atom. The number of nitrogen functional groups attached to an aromatic ring is 1. The molecule has 1 aliphatic carbocycles. The van der Waals surface area contributed by atoms with Gasteiger partial charge in [0.2, 0.25) is 0 Å². The van der Waals surface area contributed by atoms with Crippen LogP contribution in [0.2, 0.25) is 0 Å². The molecular weight excluding hydrogens is 295 g/mol. The van der Waals surface area contributed by atoms with E-state index in [9.17, 15) is 4.39 Å². The first-order chi connectivity index (χ1) is 11.2. The van der Waals surface area contributed by atoms with Gasteiger partial charge in [-0.1, -0.05) is 18.2 Å². The average Bonchev–Trinajstić information content (AvgIpc) is 2.55. The Bertz CT molecular complexity index is 729. The Morgan fingerprint density at radius 2 is 2.09 bits per heavy atom. The van der Waals surface area contributed by atoms with Crippen LogP contribution in [0.15, 0.2) is 54.5 Å². The molecule has 6 nitrogen and oxygen atoms in total. The highest BCUT2D eigenvalue weighted by molar-refractivity contribution is 5.62. The maximum atomic E-state index is 13.0. The third kappa shape index (κ3) is 4.26. The van der Waals surface area contributed by atoms with Gasteiger partial charge < -0.3 is 16.4 Å². The zero-order valence-corrected chi connectivity index (χ0v) is 12.4. The van der Waals surface area contributed by atoms with Crippen LogP contribution in [0.25, 0.3) is 0 Å². The van der Waals surface area contributed by atoms with Gasteiger partial charge in [0.15, 0.2) is 0 Å². The summed E-state index contributed by atoms with van der Waals surface area (Å²) in [6.07, 6.45) is 9.54.